The molecule has 0 spiro atoms. The molecule has 5 aromatic rings. The summed E-state index contributed by atoms with van der Waals surface area (Å²) in [6, 6.07) is 21.6. The molecule has 43 heavy (non-hydrogen) atoms. The molecule has 1 amide bonds. The molecule has 0 unspecified atom stereocenters. The van der Waals surface area contributed by atoms with Crippen molar-refractivity contribution in [3.05, 3.63) is 117 Å². The second-order valence-corrected chi connectivity index (χ2v) is 10.5. The Labute approximate surface area is 248 Å². The zero-order valence-corrected chi connectivity index (χ0v) is 24.4. The number of ether oxygens (including phenoxy) is 2. The smallest absolute Gasteiger partial charge is 0.227 e. The molecule has 3 aromatic carbocycles. The van der Waals surface area contributed by atoms with Crippen LogP contribution in [-0.2, 0) is 4.79 Å². The Kier molecular flexibility index (Phi) is 8.43. The maximum atomic E-state index is 13.6. The lowest BCUT2D eigenvalue weighted by Gasteiger charge is -2.22. The van der Waals surface area contributed by atoms with E-state index >= 15 is 0 Å². The monoisotopic (exact) mass is 582 g/mol. The van der Waals surface area contributed by atoms with Gasteiger partial charge in [0.1, 0.15) is 11.5 Å². The van der Waals surface area contributed by atoms with Crippen molar-refractivity contribution < 1.29 is 28.9 Å². The number of aryl methyl sites for hydroxylation is 2. The van der Waals surface area contributed by atoms with Crippen molar-refractivity contribution in [2.24, 2.45) is 0 Å². The van der Waals surface area contributed by atoms with Gasteiger partial charge in [0.15, 0.2) is 17.3 Å². The van der Waals surface area contributed by atoms with Crippen LogP contribution in [0.4, 0.5) is 0 Å². The Morgan fingerprint density at radius 3 is 2.37 bits per heavy atom. The Morgan fingerprint density at radius 1 is 0.930 bits per heavy atom. The second kappa shape index (κ2) is 12.4. The number of carbonyl (C=O) groups excluding carboxylic acids is 1. The van der Waals surface area contributed by atoms with Crippen LogP contribution in [0.25, 0.3) is 10.9 Å². The molecule has 0 saturated carbocycles. The highest BCUT2D eigenvalue weighted by Gasteiger charge is 2.28. The molecule has 2 aromatic heterocycles. The molecule has 222 valence electrons. The third-order valence-corrected chi connectivity index (χ3v) is 7.70. The van der Waals surface area contributed by atoms with E-state index in [1.807, 2.05) is 49.4 Å². The van der Waals surface area contributed by atoms with E-state index in [-0.39, 0.29) is 42.0 Å². The number of hydrogen-bond donors (Lipinski definition) is 4. The van der Waals surface area contributed by atoms with Crippen molar-refractivity contribution in [2.45, 2.75) is 32.1 Å². The lowest BCUT2D eigenvalue weighted by molar-refractivity contribution is -0.121. The van der Waals surface area contributed by atoms with Crippen LogP contribution in [0.5, 0.6) is 23.0 Å². The van der Waals surface area contributed by atoms with E-state index in [9.17, 15) is 19.8 Å². The van der Waals surface area contributed by atoms with Gasteiger partial charge in [0.2, 0.25) is 17.1 Å². The number of H-pyrrole nitrogens is 1. The molecule has 9 nitrogen and oxygen atoms in total. The molecule has 0 fully saturated rings. The van der Waals surface area contributed by atoms with Gasteiger partial charge in [0, 0.05) is 41.5 Å². The minimum Gasteiger partial charge on any atom is -0.504 e. The summed E-state index contributed by atoms with van der Waals surface area (Å²) in [6.07, 6.45) is -0.143. The number of carbonyl (C=O) groups is 1. The van der Waals surface area contributed by atoms with E-state index in [1.165, 1.54) is 19.2 Å². The average molecular weight is 583 g/mol. The number of nitrogens with one attached hydrogen (secondary N) is 2. The standard InChI is InChI=1S/C34H34N2O7/c1-19-15-29(38)33(40)34(43-19)25(22-11-14-28(37)30(16-22)42-4)17-31(39)35-18-26(21-9-12-23(41-3)13-10-21)32-20(2)36-27-8-6-5-7-24(27)32/h5-16,25-26,36-37,40H,17-18H2,1-4H3,(H,35,39)/t25-,26-/m0/s1. The summed E-state index contributed by atoms with van der Waals surface area (Å²) in [6.45, 7) is 3.90. The van der Waals surface area contributed by atoms with Gasteiger partial charge in [-0.25, -0.2) is 0 Å². The Morgan fingerprint density at radius 2 is 1.65 bits per heavy atom. The molecule has 0 aliphatic carbocycles. The summed E-state index contributed by atoms with van der Waals surface area (Å²) < 4.78 is 16.4. The average Bonchev–Trinajstić information content (AvgIpc) is 3.34. The van der Waals surface area contributed by atoms with Crippen LogP contribution in [0.15, 0.2) is 82.0 Å². The molecule has 2 heterocycles. The van der Waals surface area contributed by atoms with Gasteiger partial charge in [-0.05, 0) is 60.9 Å². The highest BCUT2D eigenvalue weighted by molar-refractivity contribution is 5.86. The number of hydrogen-bond acceptors (Lipinski definition) is 7. The fourth-order valence-corrected chi connectivity index (χ4v) is 5.58. The molecular weight excluding hydrogens is 548 g/mol. The summed E-state index contributed by atoms with van der Waals surface area (Å²) in [5, 5.41) is 25.0. The SMILES string of the molecule is COc1ccc([C@H](CNC(=O)C[C@@H](c2ccc(O)c(OC)c2)c2oc(C)cc(=O)c2O)c2c(C)[nH]c3ccccc23)cc1. The molecule has 9 heteroatoms. The molecular formula is C34H34N2O7. The van der Waals surface area contributed by atoms with Crippen molar-refractivity contribution in [3.8, 4) is 23.0 Å². The van der Waals surface area contributed by atoms with Gasteiger partial charge in [-0.2, -0.15) is 0 Å². The molecule has 0 bridgehead atoms. The number of methoxy groups -OCH3 is 2. The predicted octanol–water partition coefficient (Wildman–Crippen LogP) is 5.64. The van der Waals surface area contributed by atoms with Crippen LogP contribution in [-0.4, -0.2) is 41.9 Å². The van der Waals surface area contributed by atoms with Crippen molar-refractivity contribution in [3.63, 3.8) is 0 Å². The third-order valence-electron chi connectivity index (χ3n) is 7.70. The topological polar surface area (TPSA) is 134 Å². The number of rotatable bonds is 10. The van der Waals surface area contributed by atoms with Crippen LogP contribution in [0.3, 0.4) is 0 Å². The third kappa shape index (κ3) is 6.06. The Hall–Kier alpha value is -5.18. The van der Waals surface area contributed by atoms with E-state index in [1.54, 1.807) is 26.2 Å². The number of para-hydroxylation sites is 1. The van der Waals surface area contributed by atoms with Crippen molar-refractivity contribution in [1.82, 2.24) is 10.3 Å². The van der Waals surface area contributed by atoms with Gasteiger partial charge in [0.25, 0.3) is 0 Å². The molecule has 4 N–H and O–H groups in total. The van der Waals surface area contributed by atoms with Crippen molar-refractivity contribution in [2.75, 3.05) is 20.8 Å². The number of aromatic amines is 1. The first-order chi connectivity index (χ1) is 20.7. The second-order valence-electron chi connectivity index (χ2n) is 10.5. The number of aromatic hydroxyl groups is 2. The summed E-state index contributed by atoms with van der Waals surface area (Å²) >= 11 is 0. The van der Waals surface area contributed by atoms with Crippen LogP contribution < -0.4 is 20.2 Å². The normalized spacial score (nSPS) is 12.6. The number of fused-ring (bicyclic) bond motifs is 1. The van der Waals surface area contributed by atoms with Gasteiger partial charge < -0.3 is 34.4 Å². The van der Waals surface area contributed by atoms with E-state index in [2.05, 4.69) is 16.4 Å². The maximum absolute atomic E-state index is 13.6. The lowest BCUT2D eigenvalue weighted by Crippen LogP contribution is -2.30. The van der Waals surface area contributed by atoms with E-state index in [0.29, 0.717) is 11.3 Å². The quantitative estimate of drug-likeness (QED) is 0.168. The number of amides is 1. The van der Waals surface area contributed by atoms with Gasteiger partial charge in [-0.3, -0.25) is 9.59 Å². The summed E-state index contributed by atoms with van der Waals surface area (Å²) in [5.41, 5.74) is 3.99. The largest absolute Gasteiger partial charge is 0.504 e. The van der Waals surface area contributed by atoms with Gasteiger partial charge >= 0.3 is 0 Å². The number of aromatic nitrogens is 1. The molecule has 0 aliphatic heterocycles. The first-order valence-electron chi connectivity index (χ1n) is 13.9. The van der Waals surface area contributed by atoms with Crippen LogP contribution in [0, 0.1) is 13.8 Å². The van der Waals surface area contributed by atoms with Gasteiger partial charge in [0.05, 0.1) is 20.1 Å². The number of phenols is 1. The van der Waals surface area contributed by atoms with Crippen LogP contribution in [0.1, 0.15) is 52.2 Å². The maximum Gasteiger partial charge on any atom is 0.227 e. The van der Waals surface area contributed by atoms with Crippen molar-refractivity contribution in [1.29, 1.82) is 0 Å². The summed E-state index contributed by atoms with van der Waals surface area (Å²) in [7, 11) is 3.03. The molecule has 0 aliphatic rings. The zero-order valence-electron chi connectivity index (χ0n) is 24.4. The van der Waals surface area contributed by atoms with Crippen LogP contribution >= 0.6 is 0 Å². The molecule has 2 atom stereocenters. The molecule has 0 radical (unpaired) electrons. The van der Waals surface area contributed by atoms with Crippen LogP contribution in [0.2, 0.25) is 0 Å². The fraction of sp³-hybridized carbons (Fsp3) is 0.235. The zero-order chi connectivity index (χ0) is 30.7. The first kappa shape index (κ1) is 29.3. The van der Waals surface area contributed by atoms with Gasteiger partial charge in [-0.15, -0.1) is 0 Å². The highest BCUT2D eigenvalue weighted by atomic mass is 16.5. The van der Waals surface area contributed by atoms with E-state index < -0.39 is 17.1 Å². The highest BCUT2D eigenvalue weighted by Crippen LogP contribution is 2.38. The van der Waals surface area contributed by atoms with Gasteiger partial charge in [-0.1, -0.05) is 36.4 Å². The summed E-state index contributed by atoms with van der Waals surface area (Å²) in [5.74, 6) is -0.825. The number of benzene rings is 3. The van der Waals surface area contributed by atoms with E-state index in [4.69, 9.17) is 13.9 Å². The number of phenolic OH excluding ortho intramolecular Hbond substituents is 1. The predicted molar refractivity (Wildman–Crippen MR) is 163 cm³/mol. The minimum absolute atomic E-state index is 0.0351. The minimum atomic E-state index is -0.837. The van der Waals surface area contributed by atoms with E-state index in [0.717, 1.165) is 33.5 Å². The summed E-state index contributed by atoms with van der Waals surface area (Å²) in [4.78, 5) is 29.6. The Balaban J connectivity index is 1.49. The first-order valence-corrected chi connectivity index (χ1v) is 13.9. The van der Waals surface area contributed by atoms with Crippen molar-refractivity contribution >= 4 is 16.8 Å². The molecule has 0 saturated heterocycles. The fourth-order valence-electron chi connectivity index (χ4n) is 5.58. The molecule has 5 rings (SSSR count). The lowest BCUT2D eigenvalue weighted by atomic mass is 9.88. The Bertz CT molecular complexity index is 1820.